The minimum atomic E-state index is 0.205. The topological polar surface area (TPSA) is 56.6 Å². The van der Waals surface area contributed by atoms with Crippen LogP contribution in [0.3, 0.4) is 0 Å². The molecule has 2 aromatic rings. The molecular weight excluding hydrogens is 330 g/mol. The molecule has 3 heterocycles. The molecule has 0 N–H and O–H groups in total. The SMILES string of the molecule is Cc1nccn1CC[C@@H]1CCCCN1C(=O)Cc1ccc2c(c1)OCO2. The zero-order valence-corrected chi connectivity index (χ0v) is 15.2. The number of aromatic nitrogens is 2. The maximum absolute atomic E-state index is 12.9. The van der Waals surface area contributed by atoms with Crippen molar-refractivity contribution in [1.29, 1.82) is 0 Å². The summed E-state index contributed by atoms with van der Waals surface area (Å²) in [7, 11) is 0. The first-order chi connectivity index (χ1) is 12.7. The molecule has 0 unspecified atom stereocenters. The van der Waals surface area contributed by atoms with Crippen LogP contribution in [-0.2, 0) is 17.8 Å². The summed E-state index contributed by atoms with van der Waals surface area (Å²) in [6, 6.07) is 6.08. The number of rotatable bonds is 5. The van der Waals surface area contributed by atoms with Crippen LogP contribution in [0.1, 0.15) is 37.1 Å². The Morgan fingerprint density at radius 3 is 3.00 bits per heavy atom. The van der Waals surface area contributed by atoms with Crippen molar-refractivity contribution in [2.24, 2.45) is 0 Å². The zero-order chi connectivity index (χ0) is 17.9. The minimum Gasteiger partial charge on any atom is -0.454 e. The van der Waals surface area contributed by atoms with Crippen LogP contribution in [0, 0.1) is 6.92 Å². The van der Waals surface area contributed by atoms with Gasteiger partial charge in [-0.3, -0.25) is 4.79 Å². The Labute approximate surface area is 153 Å². The number of ether oxygens (including phenoxy) is 2. The van der Waals surface area contributed by atoms with Crippen molar-refractivity contribution >= 4 is 5.91 Å². The molecule has 26 heavy (non-hydrogen) atoms. The van der Waals surface area contributed by atoms with Crippen molar-refractivity contribution in [2.45, 2.75) is 51.6 Å². The van der Waals surface area contributed by atoms with Crippen LogP contribution in [0.5, 0.6) is 11.5 Å². The van der Waals surface area contributed by atoms with E-state index >= 15 is 0 Å². The van der Waals surface area contributed by atoms with Crippen molar-refractivity contribution in [3.63, 3.8) is 0 Å². The summed E-state index contributed by atoms with van der Waals surface area (Å²) >= 11 is 0. The summed E-state index contributed by atoms with van der Waals surface area (Å²) in [5.74, 6) is 2.73. The van der Waals surface area contributed by atoms with E-state index in [-0.39, 0.29) is 12.7 Å². The molecule has 138 valence electrons. The summed E-state index contributed by atoms with van der Waals surface area (Å²) in [6.07, 6.45) is 8.60. The zero-order valence-electron chi connectivity index (χ0n) is 15.2. The average molecular weight is 355 g/mol. The Morgan fingerprint density at radius 1 is 1.27 bits per heavy atom. The number of likely N-dealkylation sites (tertiary alicyclic amines) is 1. The lowest BCUT2D eigenvalue weighted by Crippen LogP contribution is -2.44. The molecular formula is C20H25N3O3. The number of hydrogen-bond acceptors (Lipinski definition) is 4. The van der Waals surface area contributed by atoms with Gasteiger partial charge in [0.25, 0.3) is 0 Å². The van der Waals surface area contributed by atoms with Crippen molar-refractivity contribution in [3.05, 3.63) is 42.0 Å². The van der Waals surface area contributed by atoms with Gasteiger partial charge in [0.15, 0.2) is 11.5 Å². The largest absolute Gasteiger partial charge is 0.454 e. The lowest BCUT2D eigenvalue weighted by atomic mass is 9.98. The van der Waals surface area contributed by atoms with Gasteiger partial charge in [-0.05, 0) is 50.3 Å². The molecule has 0 aliphatic carbocycles. The molecule has 1 aromatic heterocycles. The molecule has 1 fully saturated rings. The lowest BCUT2D eigenvalue weighted by Gasteiger charge is -2.36. The average Bonchev–Trinajstić information content (AvgIpc) is 3.28. The molecule has 0 bridgehead atoms. The van der Waals surface area contributed by atoms with Gasteiger partial charge in [0.05, 0.1) is 6.42 Å². The Morgan fingerprint density at radius 2 is 2.15 bits per heavy atom. The number of piperidine rings is 1. The van der Waals surface area contributed by atoms with Crippen molar-refractivity contribution in [3.8, 4) is 11.5 Å². The van der Waals surface area contributed by atoms with Crippen LogP contribution in [-0.4, -0.2) is 39.7 Å². The van der Waals surface area contributed by atoms with Crippen LogP contribution < -0.4 is 9.47 Å². The maximum Gasteiger partial charge on any atom is 0.231 e. The molecule has 6 heteroatoms. The van der Waals surface area contributed by atoms with Crippen LogP contribution in [0.4, 0.5) is 0 Å². The first-order valence-corrected chi connectivity index (χ1v) is 9.36. The Kier molecular flexibility index (Phi) is 4.82. The Balaban J connectivity index is 1.40. The Hall–Kier alpha value is -2.50. The predicted octanol–water partition coefficient (Wildman–Crippen LogP) is 2.93. The van der Waals surface area contributed by atoms with Gasteiger partial charge in [-0.1, -0.05) is 6.07 Å². The van der Waals surface area contributed by atoms with E-state index in [4.69, 9.17) is 9.47 Å². The lowest BCUT2D eigenvalue weighted by molar-refractivity contribution is -0.134. The van der Waals surface area contributed by atoms with E-state index in [1.54, 1.807) is 0 Å². The smallest absolute Gasteiger partial charge is 0.231 e. The second-order valence-electron chi connectivity index (χ2n) is 7.06. The molecule has 1 saturated heterocycles. The van der Waals surface area contributed by atoms with Gasteiger partial charge in [-0.15, -0.1) is 0 Å². The van der Waals surface area contributed by atoms with Gasteiger partial charge < -0.3 is 18.9 Å². The molecule has 1 atom stereocenters. The summed E-state index contributed by atoms with van der Waals surface area (Å²) in [5.41, 5.74) is 0.981. The normalized spacial score (nSPS) is 19.0. The number of carbonyl (C=O) groups is 1. The van der Waals surface area contributed by atoms with Crippen LogP contribution in [0.15, 0.2) is 30.6 Å². The number of imidazole rings is 1. The monoisotopic (exact) mass is 355 g/mol. The van der Waals surface area contributed by atoms with Gasteiger partial charge >= 0.3 is 0 Å². The maximum atomic E-state index is 12.9. The highest BCUT2D eigenvalue weighted by Crippen LogP contribution is 2.33. The van der Waals surface area contributed by atoms with E-state index in [1.165, 1.54) is 6.42 Å². The number of aryl methyl sites for hydroxylation is 2. The van der Waals surface area contributed by atoms with E-state index < -0.39 is 0 Å². The molecule has 0 radical (unpaired) electrons. The molecule has 4 rings (SSSR count). The molecule has 2 aliphatic heterocycles. The van der Waals surface area contributed by atoms with Crippen LogP contribution in [0.2, 0.25) is 0 Å². The highest BCUT2D eigenvalue weighted by Gasteiger charge is 2.27. The second-order valence-corrected chi connectivity index (χ2v) is 7.06. The molecule has 1 amide bonds. The number of benzene rings is 1. The van der Waals surface area contributed by atoms with Gasteiger partial charge in [-0.25, -0.2) is 4.98 Å². The number of fused-ring (bicyclic) bond motifs is 1. The van der Waals surface area contributed by atoms with Crippen molar-refractivity contribution < 1.29 is 14.3 Å². The van der Waals surface area contributed by atoms with E-state index in [2.05, 4.69) is 14.5 Å². The third-order valence-corrected chi connectivity index (χ3v) is 5.37. The highest BCUT2D eigenvalue weighted by atomic mass is 16.7. The molecule has 2 aliphatic rings. The van der Waals surface area contributed by atoms with E-state index in [0.717, 1.165) is 55.2 Å². The van der Waals surface area contributed by atoms with Gasteiger partial charge in [0.2, 0.25) is 12.7 Å². The Bertz CT molecular complexity index is 786. The third kappa shape index (κ3) is 3.54. The number of carbonyl (C=O) groups excluding carboxylic acids is 1. The summed E-state index contributed by atoms with van der Waals surface area (Å²) in [6.45, 7) is 4.04. The van der Waals surface area contributed by atoms with Gasteiger partial charge in [0.1, 0.15) is 5.82 Å². The molecule has 0 spiro atoms. The predicted molar refractivity (Wildman–Crippen MR) is 97.2 cm³/mol. The number of amides is 1. The quantitative estimate of drug-likeness (QED) is 0.827. The van der Waals surface area contributed by atoms with E-state index in [1.807, 2.05) is 37.5 Å². The molecule has 1 aromatic carbocycles. The van der Waals surface area contributed by atoms with Crippen molar-refractivity contribution in [2.75, 3.05) is 13.3 Å². The molecule has 6 nitrogen and oxygen atoms in total. The third-order valence-electron chi connectivity index (χ3n) is 5.37. The number of nitrogens with zero attached hydrogens (tertiary/aromatic N) is 3. The fourth-order valence-electron chi connectivity index (χ4n) is 3.88. The van der Waals surface area contributed by atoms with E-state index in [9.17, 15) is 4.79 Å². The minimum absolute atomic E-state index is 0.205. The summed E-state index contributed by atoms with van der Waals surface area (Å²) in [5, 5.41) is 0. The highest BCUT2D eigenvalue weighted by molar-refractivity contribution is 5.79. The fourth-order valence-corrected chi connectivity index (χ4v) is 3.88. The molecule has 0 saturated carbocycles. The standard InChI is InChI=1S/C20H25N3O3/c1-15-21-8-11-22(15)10-7-17-4-2-3-9-23(17)20(24)13-16-5-6-18-19(12-16)26-14-25-18/h5-6,8,11-12,17H,2-4,7,9-10,13-14H2,1H3/t17-/m0/s1. The first kappa shape index (κ1) is 16.9. The second kappa shape index (κ2) is 7.40. The van der Waals surface area contributed by atoms with E-state index in [0.29, 0.717) is 12.5 Å². The van der Waals surface area contributed by atoms with Crippen LogP contribution >= 0.6 is 0 Å². The van der Waals surface area contributed by atoms with Gasteiger partial charge in [-0.2, -0.15) is 0 Å². The van der Waals surface area contributed by atoms with Gasteiger partial charge in [0, 0.05) is 31.5 Å². The summed E-state index contributed by atoms with van der Waals surface area (Å²) in [4.78, 5) is 19.3. The first-order valence-electron chi connectivity index (χ1n) is 9.36. The fraction of sp³-hybridized carbons (Fsp3) is 0.500. The van der Waals surface area contributed by atoms with Crippen molar-refractivity contribution in [1.82, 2.24) is 14.5 Å². The van der Waals surface area contributed by atoms with Crippen LogP contribution in [0.25, 0.3) is 0 Å². The summed E-state index contributed by atoms with van der Waals surface area (Å²) < 4.78 is 12.9. The number of hydrogen-bond donors (Lipinski definition) is 0.